The first kappa shape index (κ1) is 11.8. The molecule has 0 spiro atoms. The van der Waals surface area contributed by atoms with Gasteiger partial charge in [0.05, 0.1) is 11.5 Å². The monoisotopic (exact) mass is 278 g/mol. The Morgan fingerprint density at radius 2 is 2.00 bits per heavy atom. The van der Waals surface area contributed by atoms with Crippen LogP contribution in [0, 0.1) is 10.1 Å². The van der Waals surface area contributed by atoms with Crippen LogP contribution in [0.3, 0.4) is 0 Å². The molecule has 2 aromatic carbocycles. The zero-order valence-electron chi connectivity index (χ0n) is 10.9. The van der Waals surface area contributed by atoms with Crippen LogP contribution in [0.1, 0.15) is 5.56 Å². The lowest BCUT2D eigenvalue weighted by Crippen LogP contribution is -1.95. The Kier molecular flexibility index (Phi) is 2.38. The second kappa shape index (κ2) is 4.24. The van der Waals surface area contributed by atoms with Crippen LogP contribution in [-0.2, 0) is 6.54 Å². The number of hydrogen-bond acceptors (Lipinski definition) is 4. The lowest BCUT2D eigenvalue weighted by atomic mass is 10.1. The Morgan fingerprint density at radius 3 is 2.86 bits per heavy atom. The van der Waals surface area contributed by atoms with E-state index in [4.69, 9.17) is 0 Å². The third kappa shape index (κ3) is 1.80. The lowest BCUT2D eigenvalue weighted by Gasteiger charge is -1.98. The van der Waals surface area contributed by atoms with E-state index in [0.29, 0.717) is 17.9 Å². The van der Waals surface area contributed by atoms with Gasteiger partial charge in [-0.15, -0.1) is 0 Å². The molecule has 0 aliphatic carbocycles. The number of rotatable bonds is 2. The fraction of sp³-hybridized carbons (Fsp3) is 0.0667. The second-order valence-corrected chi connectivity index (χ2v) is 4.88. The molecule has 0 saturated heterocycles. The number of non-ortho nitro benzene ring substituents is 1. The molecular weight excluding hydrogens is 268 g/mol. The van der Waals surface area contributed by atoms with E-state index in [9.17, 15) is 10.1 Å². The largest absolute Gasteiger partial charge is 0.270 e. The molecule has 0 radical (unpaired) electrons. The van der Waals surface area contributed by atoms with Gasteiger partial charge in [-0.25, -0.2) is 9.67 Å². The number of nitro groups is 1. The number of fused-ring (bicyclic) bond motifs is 3. The van der Waals surface area contributed by atoms with E-state index in [1.165, 1.54) is 17.7 Å². The van der Waals surface area contributed by atoms with E-state index in [-0.39, 0.29) is 5.69 Å². The van der Waals surface area contributed by atoms with Crippen LogP contribution in [0.4, 0.5) is 5.69 Å². The molecule has 3 aromatic rings. The number of nitro benzene ring substituents is 1. The molecule has 0 unspecified atom stereocenters. The summed E-state index contributed by atoms with van der Waals surface area (Å²) in [6.45, 7) is 0.688. The van der Waals surface area contributed by atoms with E-state index in [2.05, 4.69) is 16.1 Å². The van der Waals surface area contributed by atoms with E-state index < -0.39 is 4.92 Å². The van der Waals surface area contributed by atoms with Crippen molar-refractivity contribution in [2.45, 2.75) is 6.54 Å². The summed E-state index contributed by atoms with van der Waals surface area (Å²) in [5.74, 6) is 1.33. The second-order valence-electron chi connectivity index (χ2n) is 4.88. The molecule has 1 aliphatic heterocycles. The Bertz CT molecular complexity index is 870. The molecule has 6 heteroatoms. The summed E-state index contributed by atoms with van der Waals surface area (Å²) in [5.41, 5.74) is 2.96. The fourth-order valence-electron chi connectivity index (χ4n) is 2.57. The van der Waals surface area contributed by atoms with Gasteiger partial charge >= 0.3 is 0 Å². The Morgan fingerprint density at radius 1 is 1.14 bits per heavy atom. The quantitative estimate of drug-likeness (QED) is 0.417. The minimum absolute atomic E-state index is 0.0443. The molecule has 21 heavy (non-hydrogen) atoms. The number of nitrogens with zero attached hydrogens (tertiary/aromatic N) is 4. The lowest BCUT2D eigenvalue weighted by molar-refractivity contribution is -0.384. The van der Waals surface area contributed by atoms with Gasteiger partial charge in [0.25, 0.3) is 5.69 Å². The molecule has 0 N–H and O–H groups in total. The van der Waals surface area contributed by atoms with Crippen LogP contribution < -0.4 is 0 Å². The molecule has 2 heterocycles. The van der Waals surface area contributed by atoms with Crippen molar-refractivity contribution in [3.05, 3.63) is 64.2 Å². The topological polar surface area (TPSA) is 73.8 Å². The summed E-state index contributed by atoms with van der Waals surface area (Å²) < 4.78 is 1.83. The Balaban J connectivity index is 1.80. The average molecular weight is 278 g/mol. The van der Waals surface area contributed by atoms with Gasteiger partial charge in [-0.1, -0.05) is 36.4 Å². The maximum absolute atomic E-state index is 10.8. The van der Waals surface area contributed by atoms with Gasteiger partial charge in [0.1, 0.15) is 0 Å². The predicted octanol–water partition coefficient (Wildman–Crippen LogP) is 2.88. The van der Waals surface area contributed by atoms with Crippen LogP contribution in [0.5, 0.6) is 0 Å². The van der Waals surface area contributed by atoms with Gasteiger partial charge in [-0.3, -0.25) is 10.1 Å². The minimum atomic E-state index is -0.414. The Labute approximate surface area is 119 Å². The third-order valence-corrected chi connectivity index (χ3v) is 3.57. The molecule has 0 bridgehead atoms. The SMILES string of the molecule is O=[N+]([O-])c1cccc(-c2nc3n(n2)Cc2ccccc2-3)c1. The van der Waals surface area contributed by atoms with E-state index in [1.807, 2.05) is 22.9 Å². The first-order chi connectivity index (χ1) is 10.2. The highest BCUT2D eigenvalue weighted by molar-refractivity contribution is 5.68. The highest BCUT2D eigenvalue weighted by Crippen LogP contribution is 2.32. The molecular formula is C15H10N4O2. The molecule has 102 valence electrons. The third-order valence-electron chi connectivity index (χ3n) is 3.57. The van der Waals surface area contributed by atoms with Gasteiger partial charge in [-0.2, -0.15) is 5.10 Å². The number of hydrogen-bond donors (Lipinski definition) is 0. The maximum Gasteiger partial charge on any atom is 0.270 e. The summed E-state index contributed by atoms with van der Waals surface area (Å²) in [6.07, 6.45) is 0. The average Bonchev–Trinajstić information content (AvgIpc) is 3.05. The molecule has 4 rings (SSSR count). The van der Waals surface area contributed by atoms with Crippen molar-refractivity contribution in [2.24, 2.45) is 0 Å². The summed E-state index contributed by atoms with van der Waals surface area (Å²) in [4.78, 5) is 15.0. The van der Waals surface area contributed by atoms with Crippen molar-refractivity contribution < 1.29 is 4.92 Å². The van der Waals surface area contributed by atoms with Crippen LogP contribution in [0.15, 0.2) is 48.5 Å². The van der Waals surface area contributed by atoms with Gasteiger partial charge in [-0.05, 0) is 5.56 Å². The van der Waals surface area contributed by atoms with Crippen molar-refractivity contribution in [1.29, 1.82) is 0 Å². The Hall–Kier alpha value is -3.02. The van der Waals surface area contributed by atoms with Crippen LogP contribution >= 0.6 is 0 Å². The minimum Gasteiger partial charge on any atom is -0.258 e. The van der Waals surface area contributed by atoms with Crippen LogP contribution in [0.25, 0.3) is 22.8 Å². The molecule has 0 amide bonds. The predicted molar refractivity (Wildman–Crippen MR) is 76.7 cm³/mol. The van der Waals surface area contributed by atoms with Crippen molar-refractivity contribution in [2.75, 3.05) is 0 Å². The van der Waals surface area contributed by atoms with Gasteiger partial charge in [0.2, 0.25) is 0 Å². The standard InChI is InChI=1S/C15H10N4O2/c20-19(21)12-6-3-5-10(8-12)14-16-15-13-7-2-1-4-11(13)9-18(15)17-14/h1-8H,9H2. The van der Waals surface area contributed by atoms with Gasteiger partial charge in [0, 0.05) is 23.3 Å². The van der Waals surface area contributed by atoms with Crippen molar-refractivity contribution >= 4 is 5.69 Å². The smallest absolute Gasteiger partial charge is 0.258 e. The summed E-state index contributed by atoms with van der Waals surface area (Å²) in [5, 5.41) is 15.3. The van der Waals surface area contributed by atoms with E-state index >= 15 is 0 Å². The highest BCUT2D eigenvalue weighted by atomic mass is 16.6. The van der Waals surface area contributed by atoms with E-state index in [0.717, 1.165) is 11.4 Å². The fourth-order valence-corrected chi connectivity index (χ4v) is 2.57. The molecule has 1 aromatic heterocycles. The molecule has 0 fully saturated rings. The van der Waals surface area contributed by atoms with Gasteiger partial charge < -0.3 is 0 Å². The zero-order chi connectivity index (χ0) is 14.4. The number of benzene rings is 2. The molecule has 1 aliphatic rings. The molecule has 0 saturated carbocycles. The van der Waals surface area contributed by atoms with Crippen molar-refractivity contribution in [3.8, 4) is 22.8 Å². The van der Waals surface area contributed by atoms with Crippen molar-refractivity contribution in [1.82, 2.24) is 14.8 Å². The summed E-state index contributed by atoms with van der Waals surface area (Å²) in [6, 6.07) is 14.4. The van der Waals surface area contributed by atoms with Crippen molar-refractivity contribution in [3.63, 3.8) is 0 Å². The van der Waals surface area contributed by atoms with Crippen LogP contribution in [-0.4, -0.2) is 19.7 Å². The number of aromatic nitrogens is 3. The highest BCUT2D eigenvalue weighted by Gasteiger charge is 2.22. The first-order valence-corrected chi connectivity index (χ1v) is 6.50. The summed E-state index contributed by atoms with van der Waals surface area (Å²) >= 11 is 0. The van der Waals surface area contributed by atoms with Gasteiger partial charge in [0.15, 0.2) is 11.6 Å². The molecule has 0 atom stereocenters. The van der Waals surface area contributed by atoms with E-state index in [1.54, 1.807) is 12.1 Å². The first-order valence-electron chi connectivity index (χ1n) is 6.50. The molecule has 6 nitrogen and oxygen atoms in total. The summed E-state index contributed by atoms with van der Waals surface area (Å²) in [7, 11) is 0. The van der Waals surface area contributed by atoms with Crippen LogP contribution in [0.2, 0.25) is 0 Å². The zero-order valence-corrected chi connectivity index (χ0v) is 10.9. The maximum atomic E-state index is 10.8. The normalized spacial score (nSPS) is 12.0.